The van der Waals surface area contributed by atoms with Gasteiger partial charge in [-0.25, -0.2) is 4.79 Å². The summed E-state index contributed by atoms with van der Waals surface area (Å²) in [5.74, 6) is -0.859. The number of carbonyl (C=O) groups is 1. The second-order valence-electron chi connectivity index (χ2n) is 3.91. The highest BCUT2D eigenvalue weighted by Crippen LogP contribution is 2.20. The minimum Gasteiger partial charge on any atom is -0.479 e. The van der Waals surface area contributed by atoms with E-state index in [0.29, 0.717) is 13.0 Å². The number of para-hydroxylation sites is 1. The van der Waals surface area contributed by atoms with Crippen molar-refractivity contribution < 1.29 is 14.6 Å². The number of aliphatic carboxylic acids is 1. The van der Waals surface area contributed by atoms with Crippen molar-refractivity contribution >= 4 is 11.7 Å². The summed E-state index contributed by atoms with van der Waals surface area (Å²) < 4.78 is 5.38. The summed E-state index contributed by atoms with van der Waals surface area (Å²) in [6.45, 7) is 0.661. The molecule has 2 atom stereocenters. The van der Waals surface area contributed by atoms with Gasteiger partial charge in [0.25, 0.3) is 0 Å². The Morgan fingerprint density at radius 1 is 1.38 bits per heavy atom. The zero-order chi connectivity index (χ0) is 11.4. The highest BCUT2D eigenvalue weighted by Gasteiger charge is 2.29. The van der Waals surface area contributed by atoms with Gasteiger partial charge in [0.2, 0.25) is 0 Å². The summed E-state index contributed by atoms with van der Waals surface area (Å²) in [5, 5.41) is 12.0. The molecule has 1 fully saturated rings. The molecular formula is C12H15NO3. The van der Waals surface area contributed by atoms with E-state index in [-0.39, 0.29) is 6.10 Å². The number of benzene rings is 1. The Hall–Kier alpha value is -1.55. The molecule has 4 heteroatoms. The molecule has 0 amide bonds. The van der Waals surface area contributed by atoms with Crippen LogP contribution in [-0.4, -0.2) is 29.8 Å². The van der Waals surface area contributed by atoms with Gasteiger partial charge < -0.3 is 15.2 Å². The fourth-order valence-corrected chi connectivity index (χ4v) is 1.83. The third kappa shape index (κ3) is 2.73. The standard InChI is InChI=1S/C12H15NO3/c14-12(15)11-7-6-10(16-11)8-13-9-4-2-1-3-5-9/h1-5,10-11,13H,6-8H2,(H,14,15). The Morgan fingerprint density at radius 3 is 2.75 bits per heavy atom. The first kappa shape index (κ1) is 11.0. The van der Waals surface area contributed by atoms with E-state index < -0.39 is 12.1 Å². The fraction of sp³-hybridized carbons (Fsp3) is 0.417. The maximum Gasteiger partial charge on any atom is 0.332 e. The molecule has 16 heavy (non-hydrogen) atoms. The van der Waals surface area contributed by atoms with Crippen molar-refractivity contribution in [3.63, 3.8) is 0 Å². The quantitative estimate of drug-likeness (QED) is 0.813. The first-order valence-corrected chi connectivity index (χ1v) is 5.43. The number of carboxylic acid groups (broad SMARTS) is 1. The van der Waals surface area contributed by atoms with Crippen molar-refractivity contribution in [3.05, 3.63) is 30.3 Å². The van der Waals surface area contributed by atoms with Gasteiger partial charge in [0.05, 0.1) is 6.10 Å². The molecule has 0 saturated carbocycles. The van der Waals surface area contributed by atoms with Crippen molar-refractivity contribution in [2.75, 3.05) is 11.9 Å². The second-order valence-corrected chi connectivity index (χ2v) is 3.91. The Balaban J connectivity index is 1.78. The van der Waals surface area contributed by atoms with Crippen LogP contribution in [0.4, 0.5) is 5.69 Å². The van der Waals surface area contributed by atoms with Crippen LogP contribution in [0.2, 0.25) is 0 Å². The van der Waals surface area contributed by atoms with E-state index in [4.69, 9.17) is 9.84 Å². The molecule has 86 valence electrons. The molecule has 0 radical (unpaired) electrons. The highest BCUT2D eigenvalue weighted by molar-refractivity contribution is 5.72. The second kappa shape index (κ2) is 4.99. The molecular weight excluding hydrogens is 206 g/mol. The monoisotopic (exact) mass is 221 g/mol. The summed E-state index contributed by atoms with van der Waals surface area (Å²) >= 11 is 0. The van der Waals surface area contributed by atoms with Crippen molar-refractivity contribution in [1.29, 1.82) is 0 Å². The van der Waals surface area contributed by atoms with E-state index in [1.54, 1.807) is 0 Å². The van der Waals surface area contributed by atoms with Crippen LogP contribution in [0.3, 0.4) is 0 Å². The van der Waals surface area contributed by atoms with Crippen LogP contribution in [-0.2, 0) is 9.53 Å². The van der Waals surface area contributed by atoms with E-state index in [9.17, 15) is 4.79 Å². The summed E-state index contributed by atoms with van der Waals surface area (Å²) in [6, 6.07) is 9.82. The maximum absolute atomic E-state index is 10.7. The molecule has 2 unspecified atom stereocenters. The number of carboxylic acids is 1. The molecule has 1 aromatic carbocycles. The van der Waals surface area contributed by atoms with Crippen LogP contribution in [0.15, 0.2) is 30.3 Å². The van der Waals surface area contributed by atoms with Gasteiger partial charge in [-0.1, -0.05) is 18.2 Å². The van der Waals surface area contributed by atoms with Crippen LogP contribution >= 0.6 is 0 Å². The normalized spacial score (nSPS) is 24.2. The molecule has 1 heterocycles. The zero-order valence-electron chi connectivity index (χ0n) is 8.93. The largest absolute Gasteiger partial charge is 0.479 e. The number of hydrogen-bond acceptors (Lipinski definition) is 3. The van der Waals surface area contributed by atoms with Crippen LogP contribution in [0.1, 0.15) is 12.8 Å². The smallest absolute Gasteiger partial charge is 0.332 e. The topological polar surface area (TPSA) is 58.6 Å². The Labute approximate surface area is 94.2 Å². The molecule has 1 aliphatic rings. The lowest BCUT2D eigenvalue weighted by atomic mass is 10.2. The Morgan fingerprint density at radius 2 is 2.12 bits per heavy atom. The SMILES string of the molecule is O=C(O)C1CCC(CNc2ccccc2)O1. The van der Waals surface area contributed by atoms with Gasteiger partial charge in [-0.3, -0.25) is 0 Å². The van der Waals surface area contributed by atoms with Gasteiger partial charge in [0, 0.05) is 12.2 Å². The summed E-state index contributed by atoms with van der Waals surface area (Å²) in [6.07, 6.45) is 0.789. The van der Waals surface area contributed by atoms with Gasteiger partial charge in [-0.15, -0.1) is 0 Å². The number of nitrogens with one attached hydrogen (secondary N) is 1. The van der Waals surface area contributed by atoms with Gasteiger partial charge in [0.15, 0.2) is 6.10 Å². The summed E-state index contributed by atoms with van der Waals surface area (Å²) in [5.41, 5.74) is 1.03. The summed E-state index contributed by atoms with van der Waals surface area (Å²) in [4.78, 5) is 10.7. The number of hydrogen-bond donors (Lipinski definition) is 2. The molecule has 0 aromatic heterocycles. The third-order valence-corrected chi connectivity index (χ3v) is 2.69. The minimum atomic E-state index is -0.859. The summed E-state index contributed by atoms with van der Waals surface area (Å²) in [7, 11) is 0. The first-order chi connectivity index (χ1) is 7.75. The first-order valence-electron chi connectivity index (χ1n) is 5.43. The van der Waals surface area contributed by atoms with E-state index >= 15 is 0 Å². The molecule has 2 N–H and O–H groups in total. The fourth-order valence-electron chi connectivity index (χ4n) is 1.83. The number of anilines is 1. The van der Waals surface area contributed by atoms with Crippen LogP contribution < -0.4 is 5.32 Å². The average molecular weight is 221 g/mol. The van der Waals surface area contributed by atoms with Gasteiger partial charge in [-0.05, 0) is 25.0 Å². The van der Waals surface area contributed by atoms with E-state index in [0.717, 1.165) is 12.1 Å². The third-order valence-electron chi connectivity index (χ3n) is 2.69. The van der Waals surface area contributed by atoms with Gasteiger partial charge >= 0.3 is 5.97 Å². The van der Waals surface area contributed by atoms with Crippen molar-refractivity contribution in [1.82, 2.24) is 0 Å². The molecule has 0 bridgehead atoms. The minimum absolute atomic E-state index is 0.00121. The Bertz CT molecular complexity index is 353. The predicted octanol–water partition coefficient (Wildman–Crippen LogP) is 1.73. The van der Waals surface area contributed by atoms with E-state index in [1.165, 1.54) is 0 Å². The molecule has 0 spiro atoms. The highest BCUT2D eigenvalue weighted by atomic mass is 16.5. The van der Waals surface area contributed by atoms with Gasteiger partial charge in [0.1, 0.15) is 0 Å². The molecule has 4 nitrogen and oxygen atoms in total. The molecule has 1 aliphatic heterocycles. The lowest BCUT2D eigenvalue weighted by molar-refractivity contribution is -0.149. The van der Waals surface area contributed by atoms with Crippen molar-refractivity contribution in [2.45, 2.75) is 25.0 Å². The number of rotatable bonds is 4. The lowest BCUT2D eigenvalue weighted by Crippen LogP contribution is -2.24. The predicted molar refractivity (Wildman–Crippen MR) is 60.5 cm³/mol. The number of ether oxygens (including phenoxy) is 1. The van der Waals surface area contributed by atoms with Crippen LogP contribution in [0, 0.1) is 0 Å². The molecule has 1 aromatic rings. The van der Waals surface area contributed by atoms with E-state index in [2.05, 4.69) is 5.32 Å². The van der Waals surface area contributed by atoms with Crippen molar-refractivity contribution in [3.8, 4) is 0 Å². The van der Waals surface area contributed by atoms with Crippen molar-refractivity contribution in [2.24, 2.45) is 0 Å². The van der Waals surface area contributed by atoms with Crippen LogP contribution in [0.5, 0.6) is 0 Å². The Kier molecular flexibility index (Phi) is 3.41. The van der Waals surface area contributed by atoms with E-state index in [1.807, 2.05) is 30.3 Å². The molecule has 1 saturated heterocycles. The van der Waals surface area contributed by atoms with Crippen LogP contribution in [0.25, 0.3) is 0 Å². The average Bonchev–Trinajstić information content (AvgIpc) is 2.76. The maximum atomic E-state index is 10.7. The molecule has 2 rings (SSSR count). The zero-order valence-corrected chi connectivity index (χ0v) is 8.93. The lowest BCUT2D eigenvalue weighted by Gasteiger charge is -2.12. The van der Waals surface area contributed by atoms with Gasteiger partial charge in [-0.2, -0.15) is 0 Å². The molecule has 0 aliphatic carbocycles.